The number of aryl methyl sites for hydroxylation is 2. The van der Waals surface area contributed by atoms with Crippen LogP contribution in [0.4, 0.5) is 5.69 Å². The van der Waals surface area contributed by atoms with Crippen molar-refractivity contribution in [1.29, 1.82) is 0 Å². The van der Waals surface area contributed by atoms with Crippen molar-refractivity contribution in [3.05, 3.63) is 56.4 Å². The van der Waals surface area contributed by atoms with E-state index < -0.39 is 5.97 Å². The topological polar surface area (TPSA) is 92.4 Å². The van der Waals surface area contributed by atoms with Crippen molar-refractivity contribution in [2.45, 2.75) is 20.3 Å². The molecule has 0 bridgehead atoms. The van der Waals surface area contributed by atoms with E-state index >= 15 is 0 Å². The number of H-pyrrole nitrogens is 1. The quantitative estimate of drug-likeness (QED) is 0.701. The number of rotatable bonds is 3. The summed E-state index contributed by atoms with van der Waals surface area (Å²) in [6.45, 7) is 3.60. The number of para-hydroxylation sites is 1. The van der Waals surface area contributed by atoms with Gasteiger partial charge in [-0.25, -0.2) is 9.78 Å². The van der Waals surface area contributed by atoms with Gasteiger partial charge in [0.15, 0.2) is 6.61 Å². The monoisotopic (exact) mass is 383 g/mol. The summed E-state index contributed by atoms with van der Waals surface area (Å²) in [7, 11) is 0. The Morgan fingerprint density at radius 1 is 1.30 bits per heavy atom. The smallest absolute Gasteiger partial charge is 0.349 e. The van der Waals surface area contributed by atoms with Gasteiger partial charge in [0.05, 0.1) is 5.39 Å². The lowest BCUT2D eigenvalue weighted by molar-refractivity contribution is -0.121. The van der Waals surface area contributed by atoms with Crippen LogP contribution in [0.2, 0.25) is 0 Å². The van der Waals surface area contributed by atoms with Crippen LogP contribution < -0.4 is 10.5 Å². The van der Waals surface area contributed by atoms with Gasteiger partial charge in [0.2, 0.25) is 0 Å². The summed E-state index contributed by atoms with van der Waals surface area (Å²) >= 11 is 1.10. The molecular weight excluding hydrogens is 366 g/mol. The first-order valence-corrected chi connectivity index (χ1v) is 9.33. The van der Waals surface area contributed by atoms with Crippen molar-refractivity contribution >= 4 is 39.1 Å². The number of hydrogen-bond donors (Lipinski definition) is 1. The molecule has 0 unspecified atom stereocenters. The Balaban J connectivity index is 1.51. The highest BCUT2D eigenvalue weighted by Gasteiger charge is 2.26. The van der Waals surface area contributed by atoms with Gasteiger partial charge in [0.1, 0.15) is 15.5 Å². The van der Waals surface area contributed by atoms with E-state index in [2.05, 4.69) is 9.97 Å². The standard InChI is InChI=1S/C19H17N3O4S/c1-10-15-17(24)20-11(2)21-18(15)27-16(10)19(25)26-9-14(23)22-8-7-12-5-3-4-6-13(12)22/h3-6H,7-9H2,1-2H3,(H,20,21,24). The molecule has 0 spiro atoms. The molecular formula is C19H17N3O4S. The van der Waals surface area contributed by atoms with E-state index in [1.54, 1.807) is 18.7 Å². The van der Waals surface area contributed by atoms with Gasteiger partial charge in [0.25, 0.3) is 11.5 Å². The average molecular weight is 383 g/mol. The van der Waals surface area contributed by atoms with Gasteiger partial charge in [-0.3, -0.25) is 9.59 Å². The number of carbonyl (C=O) groups is 2. The Bertz CT molecular complexity index is 1130. The van der Waals surface area contributed by atoms with E-state index in [1.165, 1.54) is 0 Å². The Morgan fingerprint density at radius 2 is 2.07 bits per heavy atom. The number of esters is 1. The number of hydrogen-bond acceptors (Lipinski definition) is 6. The summed E-state index contributed by atoms with van der Waals surface area (Å²) in [6, 6.07) is 7.69. The number of aromatic amines is 1. The molecule has 0 saturated carbocycles. The first-order chi connectivity index (χ1) is 13.0. The minimum Gasteiger partial charge on any atom is -0.451 e. The highest BCUT2D eigenvalue weighted by molar-refractivity contribution is 7.20. The fourth-order valence-corrected chi connectivity index (χ4v) is 4.44. The van der Waals surface area contributed by atoms with Gasteiger partial charge < -0.3 is 14.6 Å². The highest BCUT2D eigenvalue weighted by atomic mass is 32.1. The Hall–Kier alpha value is -3.00. The van der Waals surface area contributed by atoms with Crippen molar-refractivity contribution in [1.82, 2.24) is 9.97 Å². The number of nitrogens with zero attached hydrogens (tertiary/aromatic N) is 2. The number of amides is 1. The first kappa shape index (κ1) is 17.4. The average Bonchev–Trinajstić information content (AvgIpc) is 3.21. The fraction of sp³-hybridized carbons (Fsp3) is 0.263. The second kappa shape index (κ2) is 6.62. The molecule has 1 N–H and O–H groups in total. The zero-order chi connectivity index (χ0) is 19.1. The Kier molecular flexibility index (Phi) is 4.27. The van der Waals surface area contributed by atoms with E-state index in [9.17, 15) is 14.4 Å². The molecule has 27 heavy (non-hydrogen) atoms. The zero-order valence-electron chi connectivity index (χ0n) is 14.9. The maximum atomic E-state index is 12.5. The van der Waals surface area contributed by atoms with Crippen molar-refractivity contribution in [2.24, 2.45) is 0 Å². The summed E-state index contributed by atoms with van der Waals surface area (Å²) in [6.07, 6.45) is 0.791. The molecule has 0 atom stereocenters. The SMILES string of the molecule is Cc1nc2sc(C(=O)OCC(=O)N3CCc4ccccc43)c(C)c2c(=O)[nH]1. The maximum Gasteiger partial charge on any atom is 0.349 e. The molecule has 0 radical (unpaired) electrons. The molecule has 4 rings (SSSR count). The second-order valence-electron chi connectivity index (χ2n) is 6.39. The summed E-state index contributed by atoms with van der Waals surface area (Å²) in [5.41, 5.74) is 2.21. The maximum absolute atomic E-state index is 12.5. The molecule has 138 valence electrons. The van der Waals surface area contributed by atoms with Crippen LogP contribution in [0.15, 0.2) is 29.1 Å². The number of aromatic nitrogens is 2. The van der Waals surface area contributed by atoms with Gasteiger partial charge in [-0.1, -0.05) is 18.2 Å². The zero-order valence-corrected chi connectivity index (χ0v) is 15.7. The summed E-state index contributed by atoms with van der Waals surface area (Å²) in [5, 5.41) is 0.386. The lowest BCUT2D eigenvalue weighted by Crippen LogP contribution is -2.33. The minimum atomic E-state index is -0.617. The van der Waals surface area contributed by atoms with E-state index in [0.29, 0.717) is 33.0 Å². The largest absolute Gasteiger partial charge is 0.451 e. The number of nitrogens with one attached hydrogen (secondary N) is 1. The van der Waals surface area contributed by atoms with E-state index in [1.807, 2.05) is 24.3 Å². The third-order valence-electron chi connectivity index (χ3n) is 4.62. The van der Waals surface area contributed by atoms with E-state index in [0.717, 1.165) is 29.0 Å². The molecule has 1 amide bonds. The van der Waals surface area contributed by atoms with Crippen LogP contribution in [0.3, 0.4) is 0 Å². The normalized spacial score (nSPS) is 13.0. The number of benzene rings is 1. The lowest BCUT2D eigenvalue weighted by atomic mass is 10.2. The van der Waals surface area contributed by atoms with Crippen molar-refractivity contribution in [3.8, 4) is 0 Å². The summed E-state index contributed by atoms with van der Waals surface area (Å²) in [5.74, 6) is -0.399. The summed E-state index contributed by atoms with van der Waals surface area (Å²) < 4.78 is 5.24. The van der Waals surface area contributed by atoms with Crippen LogP contribution in [-0.4, -0.2) is 35.0 Å². The van der Waals surface area contributed by atoms with Crippen LogP contribution in [0.5, 0.6) is 0 Å². The molecule has 2 aromatic heterocycles. The van der Waals surface area contributed by atoms with E-state index in [4.69, 9.17) is 4.74 Å². The van der Waals surface area contributed by atoms with Gasteiger partial charge in [-0.05, 0) is 37.5 Å². The molecule has 0 fully saturated rings. The van der Waals surface area contributed by atoms with Gasteiger partial charge in [-0.15, -0.1) is 11.3 Å². The Morgan fingerprint density at radius 3 is 2.89 bits per heavy atom. The molecule has 0 saturated heterocycles. The third-order valence-corrected chi connectivity index (χ3v) is 5.79. The number of fused-ring (bicyclic) bond motifs is 2. The molecule has 8 heteroatoms. The molecule has 0 aliphatic carbocycles. The molecule has 1 aromatic carbocycles. The van der Waals surface area contributed by atoms with Gasteiger partial charge in [-0.2, -0.15) is 0 Å². The molecule has 1 aliphatic heterocycles. The van der Waals surface area contributed by atoms with Gasteiger partial charge >= 0.3 is 5.97 Å². The number of thiophene rings is 1. The lowest BCUT2D eigenvalue weighted by Gasteiger charge is -2.17. The number of anilines is 1. The van der Waals surface area contributed by atoms with Crippen LogP contribution in [-0.2, 0) is 16.0 Å². The van der Waals surface area contributed by atoms with Gasteiger partial charge in [0, 0.05) is 12.2 Å². The molecule has 1 aliphatic rings. The molecule has 7 nitrogen and oxygen atoms in total. The van der Waals surface area contributed by atoms with E-state index in [-0.39, 0.29) is 18.1 Å². The van der Waals surface area contributed by atoms with Crippen LogP contribution in [0.1, 0.15) is 26.6 Å². The second-order valence-corrected chi connectivity index (χ2v) is 7.39. The third kappa shape index (κ3) is 3.02. The van der Waals surface area contributed by atoms with Crippen LogP contribution >= 0.6 is 11.3 Å². The fourth-order valence-electron chi connectivity index (χ4n) is 3.31. The van der Waals surface area contributed by atoms with Crippen molar-refractivity contribution in [3.63, 3.8) is 0 Å². The predicted molar refractivity (Wildman–Crippen MR) is 102 cm³/mol. The first-order valence-electron chi connectivity index (χ1n) is 8.51. The molecule has 3 heterocycles. The number of ether oxygens (including phenoxy) is 1. The minimum absolute atomic E-state index is 0.265. The van der Waals surface area contributed by atoms with Crippen LogP contribution in [0.25, 0.3) is 10.2 Å². The summed E-state index contributed by atoms with van der Waals surface area (Å²) in [4.78, 5) is 46.4. The van der Waals surface area contributed by atoms with Crippen molar-refractivity contribution in [2.75, 3.05) is 18.1 Å². The predicted octanol–water partition coefficient (Wildman–Crippen LogP) is 2.35. The van der Waals surface area contributed by atoms with Crippen LogP contribution in [0, 0.1) is 13.8 Å². The highest BCUT2D eigenvalue weighted by Crippen LogP contribution is 2.29. The number of carbonyl (C=O) groups excluding carboxylic acids is 2. The molecule has 3 aromatic rings. The van der Waals surface area contributed by atoms with Crippen molar-refractivity contribution < 1.29 is 14.3 Å². The Labute approximate surface area is 158 Å².